The number of hydrogen-bond donors (Lipinski definition) is 1. The number of fused-ring (bicyclic) bond motifs is 3. The van der Waals surface area contributed by atoms with Crippen LogP contribution in [0.1, 0.15) is 20.7 Å². The molecule has 10 nitrogen and oxygen atoms in total. The zero-order valence-electron chi connectivity index (χ0n) is 17.2. The van der Waals surface area contributed by atoms with Crippen LogP contribution in [-0.2, 0) is 14.1 Å². The summed E-state index contributed by atoms with van der Waals surface area (Å²) in [6.07, 6.45) is 2.32. The number of nitrogens with zero attached hydrogens (tertiary/aromatic N) is 3. The van der Waals surface area contributed by atoms with Crippen LogP contribution in [0.4, 0.5) is 5.69 Å². The van der Waals surface area contributed by atoms with Crippen molar-refractivity contribution in [2.45, 2.75) is 0 Å². The minimum Gasteiger partial charge on any atom is -0.497 e. The maximum Gasteiger partial charge on any atom is 0.332 e. The van der Waals surface area contributed by atoms with Gasteiger partial charge in [-0.05, 0) is 12.1 Å². The standard InChI is InChI=1S/C21H18N4O6/c1-24-19-17(20(28)25(2)21(24)29)16-11(9-22-19)18(27)13(8-14(16)26)23-12-7-10(30-3)5-6-15(12)31-4/h5-9,23H,1-4H3. The molecule has 4 rings (SSSR count). The van der Waals surface area contributed by atoms with Gasteiger partial charge < -0.3 is 14.8 Å². The van der Waals surface area contributed by atoms with Gasteiger partial charge in [0.05, 0.1) is 42.1 Å². The Bertz CT molecular complexity index is 1430. The summed E-state index contributed by atoms with van der Waals surface area (Å²) in [6.45, 7) is 0. The van der Waals surface area contributed by atoms with Crippen molar-refractivity contribution >= 4 is 28.3 Å². The second-order valence-corrected chi connectivity index (χ2v) is 6.89. The average Bonchev–Trinajstić information content (AvgIpc) is 2.78. The normalized spacial score (nSPS) is 13.1. The third-order valence-corrected chi connectivity index (χ3v) is 5.16. The monoisotopic (exact) mass is 422 g/mol. The van der Waals surface area contributed by atoms with Gasteiger partial charge in [-0.25, -0.2) is 9.78 Å². The Kier molecular flexibility index (Phi) is 4.69. The van der Waals surface area contributed by atoms with Gasteiger partial charge in [0.1, 0.15) is 17.1 Å². The summed E-state index contributed by atoms with van der Waals surface area (Å²) in [4.78, 5) is 55.2. The molecule has 0 unspecified atom stereocenters. The van der Waals surface area contributed by atoms with E-state index in [1.54, 1.807) is 18.2 Å². The van der Waals surface area contributed by atoms with Crippen LogP contribution in [0.15, 0.2) is 45.8 Å². The first-order chi connectivity index (χ1) is 14.8. The van der Waals surface area contributed by atoms with Crippen LogP contribution in [0.3, 0.4) is 0 Å². The van der Waals surface area contributed by atoms with E-state index in [1.807, 2.05) is 0 Å². The summed E-state index contributed by atoms with van der Waals surface area (Å²) >= 11 is 0. The highest BCUT2D eigenvalue weighted by Gasteiger charge is 2.31. The van der Waals surface area contributed by atoms with E-state index < -0.39 is 22.8 Å². The highest BCUT2D eigenvalue weighted by Crippen LogP contribution is 2.32. The molecule has 0 spiro atoms. The number of aromatic nitrogens is 3. The number of carbonyl (C=O) groups is 2. The van der Waals surface area contributed by atoms with Crippen molar-refractivity contribution in [1.29, 1.82) is 0 Å². The number of hydrogen-bond acceptors (Lipinski definition) is 8. The Morgan fingerprint density at radius 2 is 1.74 bits per heavy atom. The van der Waals surface area contributed by atoms with Crippen LogP contribution in [-0.4, -0.2) is 39.9 Å². The number of methoxy groups -OCH3 is 2. The minimum absolute atomic E-state index is 0.00755. The van der Waals surface area contributed by atoms with Crippen molar-refractivity contribution in [3.05, 3.63) is 68.1 Å². The number of rotatable bonds is 4. The lowest BCUT2D eigenvalue weighted by Gasteiger charge is -2.19. The van der Waals surface area contributed by atoms with E-state index in [2.05, 4.69) is 10.3 Å². The van der Waals surface area contributed by atoms with Gasteiger partial charge in [-0.1, -0.05) is 0 Å². The van der Waals surface area contributed by atoms with E-state index in [0.717, 1.165) is 15.2 Å². The third kappa shape index (κ3) is 3.00. The van der Waals surface area contributed by atoms with E-state index in [0.29, 0.717) is 17.2 Å². The van der Waals surface area contributed by atoms with E-state index >= 15 is 0 Å². The van der Waals surface area contributed by atoms with Crippen LogP contribution < -0.4 is 26.0 Å². The van der Waals surface area contributed by atoms with Gasteiger partial charge in [0.25, 0.3) is 5.56 Å². The first-order valence-electron chi connectivity index (χ1n) is 9.17. The zero-order valence-corrected chi connectivity index (χ0v) is 17.2. The van der Waals surface area contributed by atoms with Gasteiger partial charge in [-0.3, -0.25) is 23.5 Å². The van der Waals surface area contributed by atoms with Crippen molar-refractivity contribution in [3.8, 4) is 11.5 Å². The number of ether oxygens (including phenoxy) is 2. The van der Waals surface area contributed by atoms with Gasteiger partial charge in [-0.2, -0.15) is 0 Å². The molecule has 0 saturated heterocycles. The van der Waals surface area contributed by atoms with Crippen molar-refractivity contribution in [3.63, 3.8) is 0 Å². The van der Waals surface area contributed by atoms with Crippen molar-refractivity contribution < 1.29 is 19.1 Å². The maximum absolute atomic E-state index is 13.1. The summed E-state index contributed by atoms with van der Waals surface area (Å²) in [5, 5.41) is 2.84. The Balaban J connectivity index is 1.88. The number of aryl methyl sites for hydroxylation is 1. The van der Waals surface area contributed by atoms with Crippen molar-refractivity contribution in [2.24, 2.45) is 14.1 Å². The number of allylic oxidation sites excluding steroid dienone is 2. The van der Waals surface area contributed by atoms with Crippen LogP contribution in [0, 0.1) is 0 Å². The summed E-state index contributed by atoms with van der Waals surface area (Å²) in [7, 11) is 5.72. The third-order valence-electron chi connectivity index (χ3n) is 5.16. The molecule has 10 heteroatoms. The van der Waals surface area contributed by atoms with E-state index in [-0.39, 0.29) is 27.9 Å². The number of nitrogens with one attached hydrogen (secondary N) is 1. The molecule has 0 saturated carbocycles. The fourth-order valence-electron chi connectivity index (χ4n) is 3.52. The number of benzene rings is 1. The Morgan fingerprint density at radius 3 is 2.42 bits per heavy atom. The van der Waals surface area contributed by atoms with Gasteiger partial charge in [0, 0.05) is 32.4 Å². The molecule has 1 N–H and O–H groups in total. The topological polar surface area (TPSA) is 122 Å². The fraction of sp³-hybridized carbons (Fsp3) is 0.190. The molecule has 1 aliphatic rings. The average molecular weight is 422 g/mol. The summed E-state index contributed by atoms with van der Waals surface area (Å²) in [5.41, 5.74) is -0.927. The second-order valence-electron chi connectivity index (χ2n) is 6.89. The fourth-order valence-corrected chi connectivity index (χ4v) is 3.52. The predicted octanol–water partition coefficient (Wildman–Crippen LogP) is 1.02. The quantitative estimate of drug-likeness (QED) is 0.662. The molecule has 2 heterocycles. The number of pyridine rings is 1. The number of Topliss-reactive ketones (excluding diaryl/α,β-unsaturated/α-hetero) is 1. The summed E-state index contributed by atoms with van der Waals surface area (Å²) in [5.74, 6) is -0.115. The van der Waals surface area contributed by atoms with Crippen LogP contribution >= 0.6 is 0 Å². The molecule has 0 atom stereocenters. The van der Waals surface area contributed by atoms with E-state index in [1.165, 1.54) is 34.5 Å². The van der Waals surface area contributed by atoms with Gasteiger partial charge >= 0.3 is 5.69 Å². The lowest BCUT2D eigenvalue weighted by atomic mass is 9.92. The Morgan fingerprint density at radius 1 is 1.00 bits per heavy atom. The zero-order chi connectivity index (χ0) is 22.4. The van der Waals surface area contributed by atoms with E-state index in [9.17, 15) is 19.2 Å². The largest absolute Gasteiger partial charge is 0.497 e. The van der Waals surface area contributed by atoms with Gasteiger partial charge in [-0.15, -0.1) is 0 Å². The molecule has 1 aromatic carbocycles. The molecular weight excluding hydrogens is 404 g/mol. The molecule has 0 amide bonds. The number of ketones is 2. The molecule has 2 aromatic heterocycles. The first kappa shape index (κ1) is 20.1. The SMILES string of the molecule is COc1ccc(OC)c(NC2=CC(=O)c3c(cnc4c3c(=O)n(C)c(=O)n4C)C2=O)c1. The smallest absolute Gasteiger partial charge is 0.332 e. The lowest BCUT2D eigenvalue weighted by Crippen LogP contribution is -2.38. The Labute approximate surface area is 175 Å². The summed E-state index contributed by atoms with van der Waals surface area (Å²) in [6, 6.07) is 4.97. The molecule has 158 valence electrons. The maximum atomic E-state index is 13.1. The van der Waals surface area contributed by atoms with E-state index in [4.69, 9.17) is 9.47 Å². The van der Waals surface area contributed by atoms with Crippen LogP contribution in [0.2, 0.25) is 0 Å². The van der Waals surface area contributed by atoms with Crippen molar-refractivity contribution in [2.75, 3.05) is 19.5 Å². The predicted molar refractivity (Wildman–Crippen MR) is 112 cm³/mol. The molecular formula is C21H18N4O6. The summed E-state index contributed by atoms with van der Waals surface area (Å²) < 4.78 is 12.5. The molecule has 0 aliphatic heterocycles. The number of anilines is 1. The lowest BCUT2D eigenvalue weighted by molar-refractivity contribution is 0.0986. The van der Waals surface area contributed by atoms with Gasteiger partial charge in [0.2, 0.25) is 5.78 Å². The van der Waals surface area contributed by atoms with Crippen LogP contribution in [0.5, 0.6) is 11.5 Å². The molecule has 0 fully saturated rings. The second kappa shape index (κ2) is 7.24. The molecule has 31 heavy (non-hydrogen) atoms. The molecule has 1 aliphatic carbocycles. The molecule has 0 radical (unpaired) electrons. The highest BCUT2D eigenvalue weighted by atomic mass is 16.5. The number of carbonyl (C=O) groups excluding carboxylic acids is 2. The Hall–Kier alpha value is -4.21. The minimum atomic E-state index is -0.692. The first-order valence-corrected chi connectivity index (χ1v) is 9.17. The van der Waals surface area contributed by atoms with Crippen molar-refractivity contribution in [1.82, 2.24) is 14.1 Å². The molecule has 3 aromatic rings. The van der Waals surface area contributed by atoms with Gasteiger partial charge in [0.15, 0.2) is 5.78 Å². The molecule has 0 bridgehead atoms. The van der Waals surface area contributed by atoms with Crippen LogP contribution in [0.25, 0.3) is 11.0 Å². The highest BCUT2D eigenvalue weighted by molar-refractivity contribution is 6.28.